The maximum absolute atomic E-state index is 13.5. The van der Waals surface area contributed by atoms with Gasteiger partial charge in [0.1, 0.15) is 0 Å². The summed E-state index contributed by atoms with van der Waals surface area (Å²) in [6.07, 6.45) is 8.22. The number of carbonyl (C=O) groups is 4. The number of aliphatic carboxylic acids is 1. The second-order valence-electron chi connectivity index (χ2n) is 16.0. The van der Waals surface area contributed by atoms with E-state index in [1.54, 1.807) is 13.0 Å². The lowest BCUT2D eigenvalue weighted by Crippen LogP contribution is -2.73. The number of methoxy groups -OCH3 is 1. The molecule has 0 aromatic carbocycles. The molecule has 0 aromatic rings. The molecule has 1 heterocycles. The summed E-state index contributed by atoms with van der Waals surface area (Å²) in [5.41, 5.74) is -1.47. The van der Waals surface area contributed by atoms with Crippen molar-refractivity contribution in [3.8, 4) is 0 Å². The van der Waals surface area contributed by atoms with Gasteiger partial charge in [0.15, 0.2) is 0 Å². The van der Waals surface area contributed by atoms with Crippen LogP contribution in [0.15, 0.2) is 11.6 Å². The highest BCUT2D eigenvalue weighted by atomic mass is 16.6. The number of carboxylic acid groups (broad SMARTS) is 1. The molecule has 51 heavy (non-hydrogen) atoms. The van der Waals surface area contributed by atoms with Gasteiger partial charge in [-0.15, -0.1) is 0 Å². The third kappa shape index (κ3) is 8.80. The van der Waals surface area contributed by atoms with Gasteiger partial charge in [0, 0.05) is 51.6 Å². The molecule has 6 aliphatic rings. The van der Waals surface area contributed by atoms with E-state index in [-0.39, 0.29) is 48.8 Å². The summed E-state index contributed by atoms with van der Waals surface area (Å²) in [5, 5.41) is 24.0. The zero-order chi connectivity index (χ0) is 37.1. The Kier molecular flexibility index (Phi) is 12.9. The molecule has 1 aliphatic heterocycles. The van der Waals surface area contributed by atoms with Crippen molar-refractivity contribution in [3.63, 3.8) is 0 Å². The van der Waals surface area contributed by atoms with E-state index in [1.165, 1.54) is 59.5 Å². The lowest BCUT2D eigenvalue weighted by Gasteiger charge is -2.59. The first-order valence-corrected chi connectivity index (χ1v) is 19.3. The molecule has 5 fully saturated rings. The number of esters is 1. The average molecular weight is 719 g/mol. The molecule has 2 amide bonds. The van der Waals surface area contributed by atoms with Crippen LogP contribution in [0, 0.1) is 23.2 Å². The maximum Gasteiger partial charge on any atom is 0.351 e. The molecule has 0 aromatic heterocycles. The average Bonchev–Trinajstić information content (AvgIpc) is 3.06. The lowest BCUT2D eigenvalue weighted by atomic mass is 9.48. The van der Waals surface area contributed by atoms with Gasteiger partial charge in [-0.25, -0.2) is 9.59 Å². The van der Waals surface area contributed by atoms with Gasteiger partial charge < -0.3 is 40.0 Å². The number of ether oxygens (including phenoxy) is 4. The van der Waals surface area contributed by atoms with Gasteiger partial charge in [0.05, 0.1) is 43.1 Å². The third-order valence-electron chi connectivity index (χ3n) is 12.5. The van der Waals surface area contributed by atoms with Crippen molar-refractivity contribution in [1.82, 2.24) is 21.3 Å². The van der Waals surface area contributed by atoms with Gasteiger partial charge in [-0.2, -0.15) is 0 Å². The van der Waals surface area contributed by atoms with E-state index >= 15 is 0 Å². The molecule has 5 aliphatic carbocycles. The standard InChI is InChI=1S/C38H62N4O9/c1-8-28(9-2)50-30-15-27(35(45)49-10-3)14-29(33(30)40-22(5)43)42-38(36(46)47)19-31(48-7)34(41-23(6)44)32(51-38)20-39-21(4)37-16-24-11-25(17-37)13-26(12-24)18-37/h15,21,24-26,28-34,39,42H,8-14,16-20H2,1-7H3,(H,40,43)(H,41,44)(H,46,47). The molecule has 8 atom stereocenters. The Hall–Kier alpha value is -2.58. The molecule has 0 radical (unpaired) electrons. The van der Waals surface area contributed by atoms with Gasteiger partial charge in [-0.1, -0.05) is 13.8 Å². The smallest absolute Gasteiger partial charge is 0.351 e. The second-order valence-corrected chi connectivity index (χ2v) is 16.0. The minimum absolute atomic E-state index is 0.0592. The summed E-state index contributed by atoms with van der Waals surface area (Å²) in [6, 6.07) is -1.99. The Balaban J connectivity index is 1.45. The Morgan fingerprint density at radius 1 is 0.941 bits per heavy atom. The fourth-order valence-electron chi connectivity index (χ4n) is 10.4. The number of carboxylic acids is 1. The van der Waals surface area contributed by atoms with Gasteiger partial charge in [0.25, 0.3) is 0 Å². The summed E-state index contributed by atoms with van der Waals surface area (Å²) >= 11 is 0. The first-order chi connectivity index (χ1) is 24.2. The van der Waals surface area contributed by atoms with Crippen molar-refractivity contribution < 1.29 is 43.2 Å². The first kappa shape index (κ1) is 39.6. The molecule has 4 saturated carbocycles. The van der Waals surface area contributed by atoms with Crippen LogP contribution in [-0.4, -0.2) is 103 Å². The SMILES string of the molecule is CCOC(=O)C1=CC(OC(CC)CC)C(NC(C)=O)C(NC2(C(=O)O)CC(OC)C(NC(C)=O)C(CNC(C)C34CC5CC(CC(C5)C3)C4)O2)C1. The molecular weight excluding hydrogens is 656 g/mol. The number of hydrogen-bond acceptors (Lipinski definition) is 10. The summed E-state index contributed by atoms with van der Waals surface area (Å²) in [4.78, 5) is 51.7. The zero-order valence-electron chi connectivity index (χ0n) is 31.6. The van der Waals surface area contributed by atoms with Crippen LogP contribution >= 0.6 is 0 Å². The molecule has 6 rings (SSSR count). The number of nitrogens with one attached hydrogen (secondary N) is 4. The molecule has 1 saturated heterocycles. The zero-order valence-corrected chi connectivity index (χ0v) is 31.6. The van der Waals surface area contributed by atoms with E-state index in [9.17, 15) is 24.3 Å². The molecule has 8 unspecified atom stereocenters. The fourth-order valence-corrected chi connectivity index (χ4v) is 10.4. The Bertz CT molecular complexity index is 1270. The fraction of sp³-hybridized carbons (Fsp3) is 0.842. The van der Waals surface area contributed by atoms with Crippen LogP contribution in [-0.2, 0) is 38.1 Å². The molecule has 5 N–H and O–H groups in total. The number of amides is 2. The summed E-state index contributed by atoms with van der Waals surface area (Å²) < 4.78 is 24.4. The van der Waals surface area contributed by atoms with E-state index < -0.39 is 54.1 Å². The molecule has 4 bridgehead atoms. The highest BCUT2D eigenvalue weighted by Crippen LogP contribution is 2.61. The van der Waals surface area contributed by atoms with Crippen molar-refractivity contribution in [3.05, 3.63) is 11.6 Å². The van der Waals surface area contributed by atoms with Gasteiger partial charge >= 0.3 is 11.9 Å². The van der Waals surface area contributed by atoms with E-state index in [0.29, 0.717) is 25.0 Å². The van der Waals surface area contributed by atoms with Crippen LogP contribution in [0.1, 0.15) is 106 Å². The molecular formula is C38H62N4O9. The Labute approximate surface area is 303 Å². The van der Waals surface area contributed by atoms with E-state index in [0.717, 1.165) is 17.8 Å². The first-order valence-electron chi connectivity index (χ1n) is 19.3. The monoisotopic (exact) mass is 718 g/mol. The van der Waals surface area contributed by atoms with Crippen LogP contribution in [0.2, 0.25) is 0 Å². The lowest BCUT2D eigenvalue weighted by molar-refractivity contribution is -0.219. The van der Waals surface area contributed by atoms with Crippen LogP contribution in [0.3, 0.4) is 0 Å². The maximum atomic E-state index is 13.5. The Morgan fingerprint density at radius 2 is 1.53 bits per heavy atom. The third-order valence-corrected chi connectivity index (χ3v) is 12.5. The quantitative estimate of drug-likeness (QED) is 0.148. The van der Waals surface area contributed by atoms with Crippen molar-refractivity contribution in [1.29, 1.82) is 0 Å². The van der Waals surface area contributed by atoms with Gasteiger partial charge in [0.2, 0.25) is 17.5 Å². The second kappa shape index (κ2) is 16.6. The van der Waals surface area contributed by atoms with Gasteiger partial charge in [-0.05, 0) is 101 Å². The Morgan fingerprint density at radius 3 is 2.04 bits per heavy atom. The van der Waals surface area contributed by atoms with Crippen LogP contribution < -0.4 is 21.3 Å². The molecule has 13 nitrogen and oxygen atoms in total. The van der Waals surface area contributed by atoms with Crippen LogP contribution in [0.5, 0.6) is 0 Å². The minimum Gasteiger partial charge on any atom is -0.478 e. The van der Waals surface area contributed by atoms with E-state index in [1.807, 2.05) is 13.8 Å². The molecule has 288 valence electrons. The molecule has 0 spiro atoms. The largest absolute Gasteiger partial charge is 0.478 e. The van der Waals surface area contributed by atoms with Crippen molar-refractivity contribution in [2.24, 2.45) is 23.2 Å². The summed E-state index contributed by atoms with van der Waals surface area (Å²) in [7, 11) is 1.50. The van der Waals surface area contributed by atoms with E-state index in [2.05, 4.69) is 28.2 Å². The summed E-state index contributed by atoms with van der Waals surface area (Å²) in [6.45, 7) is 11.2. The van der Waals surface area contributed by atoms with Crippen LogP contribution in [0.4, 0.5) is 0 Å². The van der Waals surface area contributed by atoms with Gasteiger partial charge in [-0.3, -0.25) is 14.9 Å². The minimum atomic E-state index is -2.00. The van der Waals surface area contributed by atoms with Crippen LogP contribution in [0.25, 0.3) is 0 Å². The number of carbonyl (C=O) groups excluding carboxylic acids is 3. The van der Waals surface area contributed by atoms with E-state index in [4.69, 9.17) is 18.9 Å². The molecule has 13 heteroatoms. The van der Waals surface area contributed by atoms with Crippen molar-refractivity contribution >= 4 is 23.8 Å². The number of hydrogen-bond donors (Lipinski definition) is 5. The predicted molar refractivity (Wildman–Crippen MR) is 189 cm³/mol. The predicted octanol–water partition coefficient (Wildman–Crippen LogP) is 3.20. The highest BCUT2D eigenvalue weighted by Gasteiger charge is 2.56. The normalized spacial score (nSPS) is 37.8. The number of rotatable bonds is 16. The topological polar surface area (TPSA) is 174 Å². The highest BCUT2D eigenvalue weighted by molar-refractivity contribution is 5.89. The van der Waals surface area contributed by atoms with Crippen molar-refractivity contribution in [2.75, 3.05) is 20.3 Å². The summed E-state index contributed by atoms with van der Waals surface area (Å²) in [5.74, 6) is -0.0664. The van der Waals surface area contributed by atoms with Crippen molar-refractivity contribution in [2.45, 2.75) is 160 Å².